The molecule has 3 aliphatic rings. The summed E-state index contributed by atoms with van der Waals surface area (Å²) in [5.74, 6) is 3.39. The third-order valence-electron chi connectivity index (χ3n) is 6.28. The van der Waals surface area contributed by atoms with Crippen molar-refractivity contribution in [2.75, 3.05) is 25.0 Å². The Balaban J connectivity index is 1.64. The molecule has 0 bridgehead atoms. The highest BCUT2D eigenvalue weighted by Crippen LogP contribution is 2.54. The summed E-state index contributed by atoms with van der Waals surface area (Å²) in [7, 11) is 0. The molecule has 3 aromatic carbocycles. The second kappa shape index (κ2) is 6.21. The van der Waals surface area contributed by atoms with Crippen LogP contribution in [0.5, 0.6) is 23.0 Å². The summed E-state index contributed by atoms with van der Waals surface area (Å²) >= 11 is 0. The Hall–Kier alpha value is -3.08. The lowest BCUT2D eigenvalue weighted by Gasteiger charge is -2.40. The molecule has 0 saturated heterocycles. The zero-order chi connectivity index (χ0) is 19.5. The fourth-order valence-corrected chi connectivity index (χ4v) is 4.85. The predicted molar refractivity (Wildman–Crippen MR) is 112 cm³/mol. The summed E-state index contributed by atoms with van der Waals surface area (Å²) in [5, 5.41) is 2.38. The number of ether oxygens (including phenoxy) is 4. The first-order valence-corrected chi connectivity index (χ1v) is 10.3. The van der Waals surface area contributed by atoms with Gasteiger partial charge in [-0.15, -0.1) is 0 Å². The van der Waals surface area contributed by atoms with Crippen molar-refractivity contribution in [3.05, 3.63) is 42.0 Å². The molecule has 5 heteroatoms. The monoisotopic (exact) mass is 389 g/mol. The fourth-order valence-electron chi connectivity index (χ4n) is 4.85. The maximum atomic E-state index is 5.90. The third kappa shape index (κ3) is 2.33. The molecule has 0 amide bonds. The number of hydrogen-bond donors (Lipinski definition) is 0. The van der Waals surface area contributed by atoms with E-state index < -0.39 is 0 Å². The zero-order valence-electron chi connectivity index (χ0n) is 16.7. The molecule has 0 spiro atoms. The van der Waals surface area contributed by atoms with Crippen LogP contribution in [-0.4, -0.2) is 20.1 Å². The molecule has 0 N–H and O–H groups in total. The lowest BCUT2D eigenvalue weighted by atomic mass is 9.85. The lowest BCUT2D eigenvalue weighted by Crippen LogP contribution is -2.31. The van der Waals surface area contributed by atoms with Crippen molar-refractivity contribution in [2.24, 2.45) is 0 Å². The molecule has 0 aliphatic carbocycles. The van der Waals surface area contributed by atoms with Gasteiger partial charge < -0.3 is 23.8 Å². The molecule has 0 saturated carbocycles. The summed E-state index contributed by atoms with van der Waals surface area (Å²) in [6, 6.07) is 13.0. The Bertz CT molecular complexity index is 1140. The first-order chi connectivity index (χ1) is 14.3. The maximum absolute atomic E-state index is 5.90. The highest BCUT2D eigenvalue weighted by molar-refractivity contribution is 6.05. The van der Waals surface area contributed by atoms with E-state index in [0.717, 1.165) is 42.4 Å². The van der Waals surface area contributed by atoms with Gasteiger partial charge in [0, 0.05) is 23.1 Å². The highest BCUT2D eigenvalue weighted by Gasteiger charge is 2.35. The minimum Gasteiger partial charge on any atom is -0.454 e. The number of rotatable bonds is 3. The van der Waals surface area contributed by atoms with Crippen molar-refractivity contribution in [1.82, 2.24) is 0 Å². The van der Waals surface area contributed by atoms with Crippen molar-refractivity contribution < 1.29 is 18.9 Å². The predicted octanol–water partition coefficient (Wildman–Crippen LogP) is 5.65. The van der Waals surface area contributed by atoms with E-state index in [2.05, 4.69) is 49.1 Å². The summed E-state index contributed by atoms with van der Waals surface area (Å²) in [4.78, 5) is 2.52. The van der Waals surface area contributed by atoms with Gasteiger partial charge in [-0.2, -0.15) is 0 Å². The molecule has 29 heavy (non-hydrogen) atoms. The highest BCUT2D eigenvalue weighted by atomic mass is 16.7. The molecule has 6 rings (SSSR count). The van der Waals surface area contributed by atoms with Crippen molar-refractivity contribution in [1.29, 1.82) is 0 Å². The van der Waals surface area contributed by atoms with Crippen LogP contribution in [0.2, 0.25) is 0 Å². The molecule has 0 aromatic heterocycles. The summed E-state index contributed by atoms with van der Waals surface area (Å²) < 4.78 is 22.9. The molecular formula is C24H23NO4. The molecule has 3 aliphatic heterocycles. The number of anilines is 1. The van der Waals surface area contributed by atoms with Crippen LogP contribution < -0.4 is 23.8 Å². The van der Waals surface area contributed by atoms with Gasteiger partial charge in [0.05, 0.1) is 11.7 Å². The van der Waals surface area contributed by atoms with Crippen LogP contribution in [0.4, 0.5) is 5.69 Å². The van der Waals surface area contributed by atoms with E-state index in [9.17, 15) is 0 Å². The minimum atomic E-state index is 0.191. The summed E-state index contributed by atoms with van der Waals surface area (Å²) in [6.45, 7) is 6.07. The molecule has 1 atom stereocenters. The SMILES string of the molecule is CCCCN1c2c(ccc3cc4c(cc23)OCO4)-c2ccc3c(c2C1C)OCO3. The first kappa shape index (κ1) is 16.8. The second-order valence-corrected chi connectivity index (χ2v) is 7.87. The smallest absolute Gasteiger partial charge is 0.231 e. The van der Waals surface area contributed by atoms with Crippen molar-refractivity contribution in [3.63, 3.8) is 0 Å². The minimum absolute atomic E-state index is 0.191. The van der Waals surface area contributed by atoms with Gasteiger partial charge in [0.15, 0.2) is 23.0 Å². The molecule has 3 aromatic rings. The molecule has 3 heterocycles. The number of unbranched alkanes of at least 4 members (excludes halogenated alkanes) is 1. The van der Waals surface area contributed by atoms with Gasteiger partial charge in [0.2, 0.25) is 13.6 Å². The Kier molecular flexibility index (Phi) is 3.60. The third-order valence-corrected chi connectivity index (χ3v) is 6.28. The molecule has 0 radical (unpaired) electrons. The molecule has 0 fully saturated rings. The second-order valence-electron chi connectivity index (χ2n) is 7.87. The van der Waals surface area contributed by atoms with Crippen molar-refractivity contribution >= 4 is 16.5 Å². The Morgan fingerprint density at radius 3 is 2.52 bits per heavy atom. The molecule has 5 nitrogen and oxygen atoms in total. The molecular weight excluding hydrogens is 366 g/mol. The van der Waals surface area contributed by atoms with Gasteiger partial charge >= 0.3 is 0 Å². The van der Waals surface area contributed by atoms with Crippen LogP contribution in [0.3, 0.4) is 0 Å². The fraction of sp³-hybridized carbons (Fsp3) is 0.333. The van der Waals surface area contributed by atoms with E-state index in [1.165, 1.54) is 33.2 Å². The Labute approximate surface area is 169 Å². The van der Waals surface area contributed by atoms with Gasteiger partial charge in [-0.25, -0.2) is 0 Å². The quantitative estimate of drug-likeness (QED) is 0.579. The van der Waals surface area contributed by atoms with Gasteiger partial charge in [0.1, 0.15) is 0 Å². The van der Waals surface area contributed by atoms with Crippen LogP contribution in [0.1, 0.15) is 38.3 Å². The average Bonchev–Trinajstić information content (AvgIpc) is 3.40. The van der Waals surface area contributed by atoms with Gasteiger partial charge in [0.25, 0.3) is 0 Å². The largest absolute Gasteiger partial charge is 0.454 e. The van der Waals surface area contributed by atoms with Crippen molar-refractivity contribution in [2.45, 2.75) is 32.7 Å². The lowest BCUT2D eigenvalue weighted by molar-refractivity contribution is 0.173. The van der Waals surface area contributed by atoms with Crippen molar-refractivity contribution in [3.8, 4) is 34.1 Å². The Morgan fingerprint density at radius 1 is 0.897 bits per heavy atom. The zero-order valence-corrected chi connectivity index (χ0v) is 16.7. The maximum Gasteiger partial charge on any atom is 0.231 e. The van der Waals surface area contributed by atoms with E-state index in [1.54, 1.807) is 0 Å². The van der Waals surface area contributed by atoms with Crippen LogP contribution >= 0.6 is 0 Å². The van der Waals surface area contributed by atoms with E-state index in [4.69, 9.17) is 18.9 Å². The van der Waals surface area contributed by atoms with E-state index >= 15 is 0 Å². The van der Waals surface area contributed by atoms with Crippen LogP contribution in [0, 0.1) is 0 Å². The summed E-state index contributed by atoms with van der Waals surface area (Å²) in [6.07, 6.45) is 2.28. The Morgan fingerprint density at radius 2 is 1.66 bits per heavy atom. The molecule has 1 unspecified atom stereocenters. The molecule has 148 valence electrons. The van der Waals surface area contributed by atoms with Crippen LogP contribution in [0.15, 0.2) is 36.4 Å². The summed E-state index contributed by atoms with van der Waals surface area (Å²) in [5.41, 5.74) is 4.96. The number of hydrogen-bond acceptors (Lipinski definition) is 5. The van der Waals surface area contributed by atoms with E-state index in [1.807, 2.05) is 6.07 Å². The van der Waals surface area contributed by atoms with Gasteiger partial charge in [-0.3, -0.25) is 0 Å². The van der Waals surface area contributed by atoms with E-state index in [-0.39, 0.29) is 12.8 Å². The van der Waals surface area contributed by atoms with Gasteiger partial charge in [-0.05, 0) is 48.6 Å². The van der Waals surface area contributed by atoms with Crippen LogP contribution in [-0.2, 0) is 0 Å². The number of nitrogens with zero attached hydrogens (tertiary/aromatic N) is 1. The topological polar surface area (TPSA) is 40.2 Å². The number of benzene rings is 3. The van der Waals surface area contributed by atoms with Crippen LogP contribution in [0.25, 0.3) is 21.9 Å². The normalized spacial score (nSPS) is 18.1. The van der Waals surface area contributed by atoms with E-state index in [0.29, 0.717) is 6.79 Å². The average molecular weight is 389 g/mol. The number of fused-ring (bicyclic) bond motifs is 8. The first-order valence-electron chi connectivity index (χ1n) is 10.3. The standard InChI is InChI=1S/C24H23NO4/c1-3-4-9-25-14(2)22-16(7-8-19-24(22)29-13-26-19)17-6-5-15-10-20-21(28-12-27-20)11-18(15)23(17)25/h5-8,10-11,14H,3-4,9,12-13H2,1-2H3. The van der Waals surface area contributed by atoms with Gasteiger partial charge in [-0.1, -0.05) is 25.5 Å².